The van der Waals surface area contributed by atoms with Crippen LogP contribution in [0.3, 0.4) is 0 Å². The Morgan fingerprint density at radius 2 is 1.26 bits per heavy atom. The average molecular weight is 467 g/mol. The number of benzene rings is 1. The number of nitrogens with zero attached hydrogens (tertiary/aromatic N) is 1. The van der Waals surface area contributed by atoms with Crippen LogP contribution in [0.15, 0.2) is 36.4 Å². The minimum atomic E-state index is -0.354. The van der Waals surface area contributed by atoms with Crippen LogP contribution < -0.4 is 10.1 Å². The lowest BCUT2D eigenvalue weighted by atomic mass is 10.0. The summed E-state index contributed by atoms with van der Waals surface area (Å²) in [5, 5.41) is 3.46. The summed E-state index contributed by atoms with van der Waals surface area (Å²) < 4.78 is 5.49. The zero-order valence-electron chi connectivity index (χ0n) is 21.8. The molecule has 0 aliphatic carbocycles. The van der Waals surface area contributed by atoms with E-state index in [4.69, 9.17) is 4.74 Å². The van der Waals surface area contributed by atoms with E-state index in [-0.39, 0.29) is 5.97 Å². The number of rotatable bonds is 18. The Morgan fingerprint density at radius 1 is 0.735 bits per heavy atom. The van der Waals surface area contributed by atoms with E-state index in [0.29, 0.717) is 11.3 Å². The SMILES string of the molecule is CCCCCCCCCCCCCCCCNc1ccc(C(=O)Oc2ccc(C)nc2C)cc1. The van der Waals surface area contributed by atoms with Gasteiger partial charge < -0.3 is 10.1 Å². The number of esters is 1. The zero-order chi connectivity index (χ0) is 24.4. The molecule has 0 aliphatic heterocycles. The van der Waals surface area contributed by atoms with Crippen LogP contribution in [-0.2, 0) is 0 Å². The minimum Gasteiger partial charge on any atom is -0.421 e. The number of hydrogen-bond acceptors (Lipinski definition) is 4. The molecule has 34 heavy (non-hydrogen) atoms. The molecule has 4 heteroatoms. The number of pyridine rings is 1. The molecule has 0 fully saturated rings. The summed E-state index contributed by atoms with van der Waals surface area (Å²) in [5.41, 5.74) is 3.22. The third-order valence-corrected chi connectivity index (χ3v) is 6.36. The third-order valence-electron chi connectivity index (χ3n) is 6.36. The maximum Gasteiger partial charge on any atom is 0.343 e. The lowest BCUT2D eigenvalue weighted by molar-refractivity contribution is 0.0732. The topological polar surface area (TPSA) is 51.2 Å². The van der Waals surface area contributed by atoms with Gasteiger partial charge in [-0.05, 0) is 56.7 Å². The van der Waals surface area contributed by atoms with Crippen molar-refractivity contribution in [2.75, 3.05) is 11.9 Å². The Labute approximate surface area is 207 Å². The number of unbranched alkanes of at least 4 members (excludes halogenated alkanes) is 13. The highest BCUT2D eigenvalue weighted by Crippen LogP contribution is 2.18. The van der Waals surface area contributed by atoms with E-state index in [9.17, 15) is 4.79 Å². The molecule has 1 N–H and O–H groups in total. The van der Waals surface area contributed by atoms with Crippen molar-refractivity contribution in [1.82, 2.24) is 4.98 Å². The molecule has 1 aromatic carbocycles. The molecule has 0 amide bonds. The number of hydrogen-bond donors (Lipinski definition) is 1. The van der Waals surface area contributed by atoms with Crippen molar-refractivity contribution >= 4 is 11.7 Å². The summed E-state index contributed by atoms with van der Waals surface area (Å²) >= 11 is 0. The molecule has 0 spiro atoms. The highest BCUT2D eigenvalue weighted by atomic mass is 16.5. The molecule has 0 bridgehead atoms. The number of aryl methyl sites for hydroxylation is 2. The zero-order valence-corrected chi connectivity index (χ0v) is 21.8. The van der Waals surface area contributed by atoms with Gasteiger partial charge in [0.05, 0.1) is 11.3 Å². The lowest BCUT2D eigenvalue weighted by Crippen LogP contribution is -2.10. The van der Waals surface area contributed by atoms with Crippen molar-refractivity contribution in [3.05, 3.63) is 53.3 Å². The third kappa shape index (κ3) is 11.7. The van der Waals surface area contributed by atoms with E-state index in [1.807, 2.05) is 44.2 Å². The molecule has 0 unspecified atom stereocenters. The van der Waals surface area contributed by atoms with E-state index < -0.39 is 0 Å². The molecule has 2 aromatic rings. The van der Waals surface area contributed by atoms with Gasteiger partial charge in [-0.2, -0.15) is 0 Å². The van der Waals surface area contributed by atoms with Gasteiger partial charge in [-0.1, -0.05) is 90.4 Å². The Bertz CT molecular complexity index is 817. The molecule has 1 aromatic heterocycles. The first-order chi connectivity index (χ1) is 16.6. The molecule has 2 rings (SSSR count). The number of aromatic nitrogens is 1. The fourth-order valence-electron chi connectivity index (χ4n) is 4.22. The Kier molecular flexibility index (Phi) is 14.0. The van der Waals surface area contributed by atoms with Crippen LogP contribution in [-0.4, -0.2) is 17.5 Å². The molecule has 0 saturated heterocycles. The number of carbonyl (C=O) groups is 1. The van der Waals surface area contributed by atoms with Gasteiger partial charge in [0.2, 0.25) is 0 Å². The second kappa shape index (κ2) is 17.1. The van der Waals surface area contributed by atoms with Crippen molar-refractivity contribution < 1.29 is 9.53 Å². The first-order valence-electron chi connectivity index (χ1n) is 13.6. The van der Waals surface area contributed by atoms with Crippen LogP contribution >= 0.6 is 0 Å². The Hall–Kier alpha value is -2.36. The van der Waals surface area contributed by atoms with Crippen molar-refractivity contribution in [3.8, 4) is 5.75 Å². The van der Waals surface area contributed by atoms with Crippen molar-refractivity contribution in [2.24, 2.45) is 0 Å². The molecule has 0 saturated carbocycles. The van der Waals surface area contributed by atoms with E-state index in [1.54, 1.807) is 6.07 Å². The molecular weight excluding hydrogens is 420 g/mol. The van der Waals surface area contributed by atoms with Gasteiger partial charge in [0.25, 0.3) is 0 Å². The summed E-state index contributed by atoms with van der Waals surface area (Å²) in [6.45, 7) is 7.02. The van der Waals surface area contributed by atoms with Crippen LogP contribution in [0.1, 0.15) is 119 Å². The maximum atomic E-state index is 12.4. The number of nitrogens with one attached hydrogen (secondary N) is 1. The highest BCUT2D eigenvalue weighted by Gasteiger charge is 2.11. The summed E-state index contributed by atoms with van der Waals surface area (Å²) in [6, 6.07) is 11.2. The van der Waals surface area contributed by atoms with Crippen LogP contribution in [0.5, 0.6) is 5.75 Å². The average Bonchev–Trinajstić information content (AvgIpc) is 2.83. The second-order valence-electron chi connectivity index (χ2n) is 9.53. The fraction of sp³-hybridized carbons (Fsp3) is 0.600. The van der Waals surface area contributed by atoms with Gasteiger partial charge in [-0.3, -0.25) is 4.98 Å². The van der Waals surface area contributed by atoms with Gasteiger partial charge in [0.1, 0.15) is 0 Å². The van der Waals surface area contributed by atoms with Gasteiger partial charge >= 0.3 is 5.97 Å². The van der Waals surface area contributed by atoms with E-state index in [2.05, 4.69) is 17.2 Å². The maximum absolute atomic E-state index is 12.4. The van der Waals surface area contributed by atoms with Crippen LogP contribution in [0.25, 0.3) is 0 Å². The number of anilines is 1. The summed E-state index contributed by atoms with van der Waals surface area (Å²) in [7, 11) is 0. The second-order valence-corrected chi connectivity index (χ2v) is 9.53. The number of carbonyl (C=O) groups excluding carboxylic acids is 1. The summed E-state index contributed by atoms with van der Waals surface area (Å²) in [4.78, 5) is 16.7. The van der Waals surface area contributed by atoms with E-state index in [0.717, 1.165) is 23.6 Å². The highest BCUT2D eigenvalue weighted by molar-refractivity contribution is 5.91. The Morgan fingerprint density at radius 3 is 1.79 bits per heavy atom. The molecule has 0 aliphatic rings. The molecule has 188 valence electrons. The van der Waals surface area contributed by atoms with Crippen molar-refractivity contribution in [1.29, 1.82) is 0 Å². The lowest BCUT2D eigenvalue weighted by Gasteiger charge is -2.09. The molecule has 1 heterocycles. The van der Waals surface area contributed by atoms with Gasteiger partial charge in [0.15, 0.2) is 5.75 Å². The van der Waals surface area contributed by atoms with Gasteiger partial charge in [-0.25, -0.2) is 4.79 Å². The van der Waals surface area contributed by atoms with Crippen LogP contribution in [0, 0.1) is 13.8 Å². The standard InChI is InChI=1S/C30H46N2O2/c1-4-5-6-7-8-9-10-11-12-13-14-15-16-17-24-31-28-21-19-27(20-22-28)30(33)34-29-23-18-25(2)32-26(29)3/h18-23,31H,4-17,24H2,1-3H3. The Balaban J connectivity index is 1.48. The predicted molar refractivity (Wildman–Crippen MR) is 144 cm³/mol. The molecule has 0 atom stereocenters. The smallest absolute Gasteiger partial charge is 0.343 e. The quantitative estimate of drug-likeness (QED) is 0.176. The minimum absolute atomic E-state index is 0.354. The molecule has 4 nitrogen and oxygen atoms in total. The molecule has 0 radical (unpaired) electrons. The van der Waals surface area contributed by atoms with Crippen LogP contribution in [0.2, 0.25) is 0 Å². The van der Waals surface area contributed by atoms with E-state index in [1.165, 1.54) is 89.9 Å². The summed E-state index contributed by atoms with van der Waals surface area (Å²) in [6.07, 6.45) is 19.3. The van der Waals surface area contributed by atoms with Crippen molar-refractivity contribution in [2.45, 2.75) is 111 Å². The first-order valence-corrected chi connectivity index (χ1v) is 13.6. The normalized spacial score (nSPS) is 10.9. The van der Waals surface area contributed by atoms with Crippen molar-refractivity contribution in [3.63, 3.8) is 0 Å². The first kappa shape index (κ1) is 27.9. The number of ether oxygens (including phenoxy) is 1. The van der Waals surface area contributed by atoms with Crippen LogP contribution in [0.4, 0.5) is 5.69 Å². The fourth-order valence-corrected chi connectivity index (χ4v) is 4.22. The summed E-state index contributed by atoms with van der Waals surface area (Å²) in [5.74, 6) is 0.155. The monoisotopic (exact) mass is 466 g/mol. The van der Waals surface area contributed by atoms with E-state index >= 15 is 0 Å². The van der Waals surface area contributed by atoms with Gasteiger partial charge in [0, 0.05) is 17.9 Å². The van der Waals surface area contributed by atoms with Gasteiger partial charge in [-0.15, -0.1) is 0 Å². The molecular formula is C30H46N2O2. The largest absolute Gasteiger partial charge is 0.421 e. The predicted octanol–water partition coefficient (Wildman–Crippen LogP) is 8.81.